The van der Waals surface area contributed by atoms with Gasteiger partial charge in [-0.25, -0.2) is 5.01 Å². The first-order valence-electron chi connectivity index (χ1n) is 9.93. The number of hydrogen-bond acceptors (Lipinski definition) is 5. The maximum atomic E-state index is 13.3. The summed E-state index contributed by atoms with van der Waals surface area (Å²) < 4.78 is 0. The molecular weight excluding hydrogens is 462 g/mol. The van der Waals surface area contributed by atoms with E-state index < -0.39 is 23.8 Å². The van der Waals surface area contributed by atoms with E-state index in [1.165, 1.54) is 22.2 Å². The summed E-state index contributed by atoms with van der Waals surface area (Å²) >= 11 is 11.4. The van der Waals surface area contributed by atoms with Crippen LogP contribution in [0, 0.1) is 0 Å². The molecule has 3 aromatic rings. The molecule has 166 valence electrons. The Morgan fingerprint density at radius 3 is 2.36 bits per heavy atom. The largest absolute Gasteiger partial charge is 0.326 e. The second kappa shape index (κ2) is 9.76. The predicted octanol–water partition coefficient (Wildman–Crippen LogP) is 3.41. The third kappa shape index (κ3) is 5.00. The summed E-state index contributed by atoms with van der Waals surface area (Å²) in [5.41, 5.74) is 3.84. The molecule has 1 aliphatic heterocycles. The van der Waals surface area contributed by atoms with E-state index in [1.54, 1.807) is 60.7 Å². The van der Waals surface area contributed by atoms with Crippen molar-refractivity contribution < 1.29 is 14.4 Å². The Labute approximate surface area is 200 Å². The third-order valence-corrected chi connectivity index (χ3v) is 5.49. The number of amides is 3. The van der Waals surface area contributed by atoms with E-state index in [0.29, 0.717) is 16.4 Å². The fourth-order valence-electron chi connectivity index (χ4n) is 3.30. The lowest BCUT2D eigenvalue weighted by molar-refractivity contribution is -0.124. The Morgan fingerprint density at radius 2 is 1.70 bits per heavy atom. The van der Waals surface area contributed by atoms with Gasteiger partial charge in [0.2, 0.25) is 11.0 Å². The molecule has 0 saturated carbocycles. The van der Waals surface area contributed by atoms with Crippen LogP contribution in [0.5, 0.6) is 0 Å². The summed E-state index contributed by atoms with van der Waals surface area (Å²) in [5, 5.41) is 4.56. The van der Waals surface area contributed by atoms with Crippen molar-refractivity contribution in [2.24, 2.45) is 0 Å². The van der Waals surface area contributed by atoms with Crippen molar-refractivity contribution >= 4 is 58.0 Å². The van der Waals surface area contributed by atoms with Crippen LogP contribution in [0.4, 0.5) is 11.4 Å². The standard InChI is InChI=1S/C23H18ClN5O3S/c24-15-9-11-16(12-10-15)26-20(30)14-19-22(32)28(17-6-2-1-3-7-17)23(33)29(19)27-21(31)18-8-4-5-13-25-18/h1-13,19H,14H2,(H,26,30)(H,27,31)/t19-/m1/s1. The van der Waals surface area contributed by atoms with Crippen molar-refractivity contribution in [3.8, 4) is 0 Å². The minimum Gasteiger partial charge on any atom is -0.326 e. The lowest BCUT2D eigenvalue weighted by atomic mass is 10.1. The number of thiocarbonyl (C=S) groups is 1. The number of nitrogens with zero attached hydrogens (tertiary/aromatic N) is 3. The second-order valence-corrected chi connectivity index (χ2v) is 7.89. The molecule has 2 aromatic carbocycles. The van der Waals surface area contributed by atoms with Gasteiger partial charge in [-0.3, -0.25) is 29.7 Å². The van der Waals surface area contributed by atoms with Gasteiger partial charge in [0.15, 0.2) is 0 Å². The molecule has 2 heterocycles. The van der Waals surface area contributed by atoms with Gasteiger partial charge in [-0.1, -0.05) is 35.9 Å². The van der Waals surface area contributed by atoms with E-state index in [9.17, 15) is 14.4 Å². The molecule has 10 heteroatoms. The lowest BCUT2D eigenvalue weighted by Crippen LogP contribution is -2.50. The molecule has 1 saturated heterocycles. The number of aromatic nitrogens is 1. The van der Waals surface area contributed by atoms with Gasteiger partial charge in [0, 0.05) is 16.9 Å². The van der Waals surface area contributed by atoms with Crippen LogP contribution in [-0.2, 0) is 9.59 Å². The Hall–Kier alpha value is -3.82. The minimum atomic E-state index is -1.04. The summed E-state index contributed by atoms with van der Waals surface area (Å²) in [5.74, 6) is -1.41. The smallest absolute Gasteiger partial charge is 0.288 e. The van der Waals surface area contributed by atoms with Gasteiger partial charge in [0.25, 0.3) is 11.8 Å². The van der Waals surface area contributed by atoms with Gasteiger partial charge < -0.3 is 5.32 Å². The van der Waals surface area contributed by atoms with E-state index in [4.69, 9.17) is 23.8 Å². The number of para-hydroxylation sites is 1. The van der Waals surface area contributed by atoms with Crippen LogP contribution >= 0.6 is 23.8 Å². The average Bonchev–Trinajstić information content (AvgIpc) is 3.05. The molecule has 4 rings (SSSR count). The Bertz CT molecular complexity index is 1190. The molecule has 33 heavy (non-hydrogen) atoms. The number of halogens is 1. The zero-order valence-corrected chi connectivity index (χ0v) is 18.7. The summed E-state index contributed by atoms with van der Waals surface area (Å²) in [6.07, 6.45) is 1.24. The molecule has 1 fully saturated rings. The molecule has 1 aromatic heterocycles. The molecule has 2 N–H and O–H groups in total. The molecule has 0 spiro atoms. The normalized spacial score (nSPS) is 15.5. The van der Waals surface area contributed by atoms with Crippen molar-refractivity contribution in [1.29, 1.82) is 0 Å². The summed E-state index contributed by atoms with van der Waals surface area (Å²) in [6, 6.07) is 19.2. The quantitative estimate of drug-likeness (QED) is 0.526. The Morgan fingerprint density at radius 1 is 1.00 bits per heavy atom. The first kappa shape index (κ1) is 22.4. The number of benzene rings is 2. The molecule has 1 atom stereocenters. The summed E-state index contributed by atoms with van der Waals surface area (Å²) in [4.78, 5) is 44.1. The van der Waals surface area contributed by atoms with Crippen LogP contribution in [0.3, 0.4) is 0 Å². The number of hydrazine groups is 1. The highest BCUT2D eigenvalue weighted by atomic mass is 35.5. The maximum Gasteiger partial charge on any atom is 0.288 e. The van der Waals surface area contributed by atoms with Crippen LogP contribution < -0.4 is 15.6 Å². The highest BCUT2D eigenvalue weighted by Crippen LogP contribution is 2.26. The van der Waals surface area contributed by atoms with Gasteiger partial charge in [-0.05, 0) is 60.7 Å². The molecule has 0 bridgehead atoms. The number of nitrogens with one attached hydrogen (secondary N) is 2. The molecule has 0 aliphatic carbocycles. The highest BCUT2D eigenvalue weighted by Gasteiger charge is 2.45. The Kier molecular flexibility index (Phi) is 6.62. The Balaban J connectivity index is 1.58. The SMILES string of the molecule is O=C(C[C@@H]1C(=O)N(c2ccccc2)C(=S)N1NC(=O)c1ccccn1)Nc1ccc(Cl)cc1. The van der Waals surface area contributed by atoms with Gasteiger partial charge >= 0.3 is 0 Å². The van der Waals surface area contributed by atoms with E-state index in [1.807, 2.05) is 6.07 Å². The summed E-state index contributed by atoms with van der Waals surface area (Å²) in [7, 11) is 0. The number of anilines is 2. The van der Waals surface area contributed by atoms with Crippen molar-refractivity contribution in [3.63, 3.8) is 0 Å². The van der Waals surface area contributed by atoms with Crippen LogP contribution in [0.15, 0.2) is 79.0 Å². The van der Waals surface area contributed by atoms with Crippen LogP contribution in [0.1, 0.15) is 16.9 Å². The first-order chi connectivity index (χ1) is 15.9. The fourth-order valence-corrected chi connectivity index (χ4v) is 3.79. The number of hydrogen-bond donors (Lipinski definition) is 2. The molecule has 1 aliphatic rings. The van der Waals surface area contributed by atoms with E-state index in [0.717, 1.165) is 0 Å². The first-order valence-corrected chi connectivity index (χ1v) is 10.7. The highest BCUT2D eigenvalue weighted by molar-refractivity contribution is 7.80. The van der Waals surface area contributed by atoms with E-state index in [-0.39, 0.29) is 17.2 Å². The van der Waals surface area contributed by atoms with Crippen LogP contribution in [-0.4, -0.2) is 38.9 Å². The fraction of sp³-hybridized carbons (Fsp3) is 0.0870. The topological polar surface area (TPSA) is 94.6 Å². The lowest BCUT2D eigenvalue weighted by Gasteiger charge is -2.24. The molecular formula is C23H18ClN5O3S. The van der Waals surface area contributed by atoms with Gasteiger partial charge in [0.1, 0.15) is 11.7 Å². The maximum absolute atomic E-state index is 13.3. The predicted molar refractivity (Wildman–Crippen MR) is 129 cm³/mol. The van der Waals surface area contributed by atoms with Gasteiger partial charge in [-0.2, -0.15) is 0 Å². The van der Waals surface area contributed by atoms with Crippen molar-refractivity contribution in [2.75, 3.05) is 10.2 Å². The molecule has 0 radical (unpaired) electrons. The minimum absolute atomic E-state index is 0.0553. The second-order valence-electron chi connectivity index (χ2n) is 7.09. The number of pyridine rings is 1. The van der Waals surface area contributed by atoms with Crippen molar-refractivity contribution in [2.45, 2.75) is 12.5 Å². The van der Waals surface area contributed by atoms with Crippen LogP contribution in [0.25, 0.3) is 0 Å². The molecule has 0 unspecified atom stereocenters. The molecule has 3 amide bonds. The zero-order chi connectivity index (χ0) is 23.4. The number of carbonyl (C=O) groups excluding carboxylic acids is 3. The van der Waals surface area contributed by atoms with Gasteiger partial charge in [-0.15, -0.1) is 0 Å². The number of rotatable bonds is 6. The van der Waals surface area contributed by atoms with Crippen molar-refractivity contribution in [3.05, 3.63) is 89.7 Å². The monoisotopic (exact) mass is 479 g/mol. The van der Waals surface area contributed by atoms with E-state index in [2.05, 4.69) is 15.7 Å². The van der Waals surface area contributed by atoms with E-state index >= 15 is 0 Å². The van der Waals surface area contributed by atoms with Gasteiger partial charge in [0.05, 0.1) is 12.1 Å². The molecule has 8 nitrogen and oxygen atoms in total. The average molecular weight is 480 g/mol. The number of carbonyl (C=O) groups is 3. The zero-order valence-electron chi connectivity index (χ0n) is 17.1. The van der Waals surface area contributed by atoms with Crippen molar-refractivity contribution in [1.82, 2.24) is 15.4 Å². The third-order valence-electron chi connectivity index (χ3n) is 4.86. The van der Waals surface area contributed by atoms with Crippen LogP contribution in [0.2, 0.25) is 5.02 Å². The summed E-state index contributed by atoms with van der Waals surface area (Å²) in [6.45, 7) is 0.